The lowest BCUT2D eigenvalue weighted by Crippen LogP contribution is -2.44. The van der Waals surface area contributed by atoms with E-state index < -0.39 is 0 Å². The van der Waals surface area contributed by atoms with Crippen molar-refractivity contribution in [2.24, 2.45) is 10.9 Å². The van der Waals surface area contributed by atoms with Gasteiger partial charge in [0.1, 0.15) is 0 Å². The minimum absolute atomic E-state index is 0.132. The monoisotopic (exact) mass is 359 g/mol. The smallest absolute Gasteiger partial charge is 0.241 e. The van der Waals surface area contributed by atoms with Crippen LogP contribution in [-0.4, -0.2) is 54.5 Å². The van der Waals surface area contributed by atoms with Crippen LogP contribution in [0.1, 0.15) is 38.2 Å². The molecule has 1 aliphatic carbocycles. The summed E-state index contributed by atoms with van der Waals surface area (Å²) in [6.45, 7) is 6.03. The number of carbonyl (C=O) groups excluding carboxylic acids is 1. The number of amides is 1. The van der Waals surface area contributed by atoms with Crippen LogP contribution in [0.15, 0.2) is 23.3 Å². The van der Waals surface area contributed by atoms with Crippen LogP contribution in [0.3, 0.4) is 0 Å². The van der Waals surface area contributed by atoms with E-state index in [0.29, 0.717) is 24.3 Å². The van der Waals surface area contributed by atoms with Gasteiger partial charge in [0.2, 0.25) is 11.8 Å². The van der Waals surface area contributed by atoms with Crippen molar-refractivity contribution in [1.29, 1.82) is 0 Å². The summed E-state index contributed by atoms with van der Waals surface area (Å²) in [6.07, 6.45) is 6.49. The lowest BCUT2D eigenvalue weighted by molar-refractivity contribution is -0.128. The highest BCUT2D eigenvalue weighted by Gasteiger charge is 2.22. The second-order valence-electron chi connectivity index (χ2n) is 6.89. The van der Waals surface area contributed by atoms with Crippen molar-refractivity contribution in [3.63, 3.8) is 0 Å². The SMILES string of the molecule is CCNC(=NCc1ccnc(OCC2CC2)c1)NCC(=O)N1CCCC1. The van der Waals surface area contributed by atoms with Crippen LogP contribution in [0.4, 0.5) is 0 Å². The van der Waals surface area contributed by atoms with E-state index in [2.05, 4.69) is 20.6 Å². The molecular formula is C19H29N5O2. The number of pyridine rings is 1. The molecule has 0 unspecified atom stereocenters. The van der Waals surface area contributed by atoms with Crippen LogP contribution in [0.5, 0.6) is 5.88 Å². The van der Waals surface area contributed by atoms with Crippen LogP contribution < -0.4 is 15.4 Å². The minimum Gasteiger partial charge on any atom is -0.477 e. The maximum atomic E-state index is 12.2. The Labute approximate surface area is 155 Å². The maximum Gasteiger partial charge on any atom is 0.241 e. The van der Waals surface area contributed by atoms with Gasteiger partial charge in [-0.15, -0.1) is 0 Å². The van der Waals surface area contributed by atoms with Crippen LogP contribution in [-0.2, 0) is 11.3 Å². The second-order valence-corrected chi connectivity index (χ2v) is 6.89. The molecule has 142 valence electrons. The molecule has 0 aromatic carbocycles. The van der Waals surface area contributed by atoms with E-state index in [0.717, 1.165) is 44.6 Å². The van der Waals surface area contributed by atoms with E-state index in [4.69, 9.17) is 4.74 Å². The van der Waals surface area contributed by atoms with E-state index in [1.54, 1.807) is 6.20 Å². The minimum atomic E-state index is 0.132. The van der Waals surface area contributed by atoms with Gasteiger partial charge in [0.05, 0.1) is 19.7 Å². The van der Waals surface area contributed by atoms with Gasteiger partial charge in [0, 0.05) is 31.9 Å². The highest BCUT2D eigenvalue weighted by atomic mass is 16.5. The fraction of sp³-hybridized carbons (Fsp3) is 0.632. The molecule has 1 saturated carbocycles. The second kappa shape index (κ2) is 9.40. The molecule has 1 amide bonds. The van der Waals surface area contributed by atoms with Crippen molar-refractivity contribution < 1.29 is 9.53 Å². The number of nitrogens with one attached hydrogen (secondary N) is 2. The summed E-state index contributed by atoms with van der Waals surface area (Å²) < 4.78 is 5.72. The fourth-order valence-corrected chi connectivity index (χ4v) is 2.87. The van der Waals surface area contributed by atoms with Crippen molar-refractivity contribution in [2.75, 3.05) is 32.8 Å². The van der Waals surface area contributed by atoms with E-state index in [-0.39, 0.29) is 12.5 Å². The number of carbonyl (C=O) groups is 1. The van der Waals surface area contributed by atoms with Gasteiger partial charge < -0.3 is 20.3 Å². The Morgan fingerprint density at radius 2 is 2.15 bits per heavy atom. The van der Waals surface area contributed by atoms with Gasteiger partial charge >= 0.3 is 0 Å². The first-order chi connectivity index (χ1) is 12.7. The number of likely N-dealkylation sites (tertiary alicyclic amines) is 1. The van der Waals surface area contributed by atoms with Crippen molar-refractivity contribution in [2.45, 2.75) is 39.2 Å². The summed E-state index contributed by atoms with van der Waals surface area (Å²) >= 11 is 0. The van der Waals surface area contributed by atoms with Crippen molar-refractivity contribution in [3.8, 4) is 5.88 Å². The topological polar surface area (TPSA) is 78.9 Å². The highest BCUT2D eigenvalue weighted by molar-refractivity contribution is 5.86. The summed E-state index contributed by atoms with van der Waals surface area (Å²) in [6, 6.07) is 3.87. The Bertz CT molecular complexity index is 624. The summed E-state index contributed by atoms with van der Waals surface area (Å²) in [5, 5.41) is 6.31. The summed E-state index contributed by atoms with van der Waals surface area (Å²) in [7, 11) is 0. The number of hydrogen-bond acceptors (Lipinski definition) is 4. The van der Waals surface area contributed by atoms with Gasteiger partial charge in [-0.3, -0.25) is 4.79 Å². The number of ether oxygens (including phenoxy) is 1. The molecule has 7 nitrogen and oxygen atoms in total. The highest BCUT2D eigenvalue weighted by Crippen LogP contribution is 2.29. The Morgan fingerprint density at radius 1 is 1.35 bits per heavy atom. The fourth-order valence-electron chi connectivity index (χ4n) is 2.87. The molecule has 1 aromatic heterocycles. The predicted octanol–water partition coefficient (Wildman–Crippen LogP) is 1.55. The third-order valence-corrected chi connectivity index (χ3v) is 4.59. The van der Waals surface area contributed by atoms with Gasteiger partial charge in [-0.2, -0.15) is 0 Å². The molecule has 0 bridgehead atoms. The molecule has 2 aliphatic rings. The zero-order valence-electron chi connectivity index (χ0n) is 15.5. The number of aliphatic imine (C=N–C) groups is 1. The zero-order valence-corrected chi connectivity index (χ0v) is 15.5. The molecule has 2 heterocycles. The van der Waals surface area contributed by atoms with E-state index in [1.807, 2.05) is 24.0 Å². The van der Waals surface area contributed by atoms with Gasteiger partial charge in [0.15, 0.2) is 5.96 Å². The zero-order chi connectivity index (χ0) is 18.2. The lowest BCUT2D eigenvalue weighted by atomic mass is 10.3. The van der Waals surface area contributed by atoms with E-state index >= 15 is 0 Å². The van der Waals surface area contributed by atoms with Crippen LogP contribution in [0, 0.1) is 5.92 Å². The normalized spacial score (nSPS) is 17.3. The van der Waals surface area contributed by atoms with Crippen molar-refractivity contribution in [1.82, 2.24) is 20.5 Å². The van der Waals surface area contributed by atoms with Crippen molar-refractivity contribution >= 4 is 11.9 Å². The Hall–Kier alpha value is -2.31. The van der Waals surface area contributed by atoms with Crippen molar-refractivity contribution in [3.05, 3.63) is 23.9 Å². The number of rotatable bonds is 8. The molecular weight excluding hydrogens is 330 g/mol. The molecule has 0 atom stereocenters. The van der Waals surface area contributed by atoms with Crippen LogP contribution in [0.25, 0.3) is 0 Å². The van der Waals surface area contributed by atoms with E-state index in [9.17, 15) is 4.79 Å². The first kappa shape index (κ1) is 18.5. The predicted molar refractivity (Wildman–Crippen MR) is 101 cm³/mol. The molecule has 2 N–H and O–H groups in total. The molecule has 0 radical (unpaired) electrons. The third kappa shape index (κ3) is 5.89. The molecule has 1 saturated heterocycles. The molecule has 1 aromatic rings. The third-order valence-electron chi connectivity index (χ3n) is 4.59. The summed E-state index contributed by atoms with van der Waals surface area (Å²) in [4.78, 5) is 22.9. The quantitative estimate of drug-likeness (QED) is 0.544. The standard InChI is InChI=1S/C19H29N5O2/c1-2-20-19(23-13-18(25)24-9-3-4-10-24)22-12-16-7-8-21-17(11-16)26-14-15-5-6-15/h7-8,11,15H,2-6,9-10,12-14H2,1H3,(H2,20,22,23). The summed E-state index contributed by atoms with van der Waals surface area (Å²) in [5.74, 6) is 2.15. The van der Waals surface area contributed by atoms with Gasteiger partial charge in [-0.1, -0.05) is 0 Å². The first-order valence-corrected chi connectivity index (χ1v) is 9.62. The molecule has 7 heteroatoms. The molecule has 2 fully saturated rings. The van der Waals surface area contributed by atoms with Crippen LogP contribution >= 0.6 is 0 Å². The number of hydrogen-bond donors (Lipinski definition) is 2. The van der Waals surface area contributed by atoms with Crippen LogP contribution in [0.2, 0.25) is 0 Å². The molecule has 26 heavy (non-hydrogen) atoms. The Balaban J connectivity index is 1.50. The maximum absolute atomic E-state index is 12.2. The molecule has 3 rings (SSSR count). The molecule has 0 spiro atoms. The Morgan fingerprint density at radius 3 is 2.88 bits per heavy atom. The Kier molecular flexibility index (Phi) is 6.68. The lowest BCUT2D eigenvalue weighted by Gasteiger charge is -2.17. The number of guanidine groups is 1. The number of nitrogens with zero attached hydrogens (tertiary/aromatic N) is 3. The van der Waals surface area contributed by atoms with Gasteiger partial charge in [-0.05, 0) is 50.2 Å². The average molecular weight is 359 g/mol. The largest absolute Gasteiger partial charge is 0.477 e. The van der Waals surface area contributed by atoms with Gasteiger partial charge in [0.25, 0.3) is 0 Å². The van der Waals surface area contributed by atoms with E-state index in [1.165, 1.54) is 12.8 Å². The number of aromatic nitrogens is 1. The average Bonchev–Trinajstić information content (AvgIpc) is 3.33. The summed E-state index contributed by atoms with van der Waals surface area (Å²) in [5.41, 5.74) is 1.04. The van der Waals surface area contributed by atoms with Gasteiger partial charge in [-0.25, -0.2) is 9.98 Å². The molecule has 1 aliphatic heterocycles. The first-order valence-electron chi connectivity index (χ1n) is 9.62.